The predicted molar refractivity (Wildman–Crippen MR) is 87.5 cm³/mol. The molecule has 1 aromatic heterocycles. The number of aryl methyl sites for hydroxylation is 1. The number of methoxy groups -OCH3 is 2. The highest BCUT2D eigenvalue weighted by Crippen LogP contribution is 2.31. The van der Waals surface area contributed by atoms with Gasteiger partial charge in [-0.1, -0.05) is 6.07 Å². The number of rotatable bonds is 5. The lowest BCUT2D eigenvalue weighted by Gasteiger charge is -2.12. The smallest absolute Gasteiger partial charge is 0.454 e. The summed E-state index contributed by atoms with van der Waals surface area (Å²) in [6.45, 7) is 1.59. The summed E-state index contributed by atoms with van der Waals surface area (Å²) >= 11 is 0. The molecule has 0 unspecified atom stereocenters. The zero-order chi connectivity index (χ0) is 18.6. The van der Waals surface area contributed by atoms with Crippen molar-refractivity contribution in [2.24, 2.45) is 0 Å². The molecule has 0 atom stereocenters. The number of carbonyl (C=O) groups excluding carboxylic acids is 1. The van der Waals surface area contributed by atoms with Crippen LogP contribution in [0.2, 0.25) is 0 Å². The third-order valence-corrected chi connectivity index (χ3v) is 3.45. The van der Waals surface area contributed by atoms with E-state index in [9.17, 15) is 18.0 Å². The molecule has 0 aliphatic heterocycles. The summed E-state index contributed by atoms with van der Waals surface area (Å²) in [6, 6.07) is 7.76. The number of ether oxygens (including phenoxy) is 2. The molecular formula is C18H16F3NO3. The number of allylic oxidation sites excluding steroid dienone is 1. The van der Waals surface area contributed by atoms with Crippen molar-refractivity contribution in [3.8, 4) is 11.5 Å². The van der Waals surface area contributed by atoms with Crippen molar-refractivity contribution in [1.29, 1.82) is 0 Å². The fourth-order valence-corrected chi connectivity index (χ4v) is 2.24. The predicted octanol–water partition coefficient (Wildman–Crippen LogP) is 4.08. The summed E-state index contributed by atoms with van der Waals surface area (Å²) < 4.78 is 49.3. The Hall–Kier alpha value is -2.83. The Balaban J connectivity index is 2.66. The molecule has 7 heteroatoms. The number of pyridine rings is 1. The van der Waals surface area contributed by atoms with E-state index in [1.807, 2.05) is 0 Å². The molecule has 4 nitrogen and oxygen atoms in total. The SMILES string of the molecule is COc1cc(/C=C(\C(=O)C(F)(F)F)c2ncccc2C)cc(OC)c1. The Kier molecular flexibility index (Phi) is 5.46. The monoisotopic (exact) mass is 351 g/mol. The van der Waals surface area contributed by atoms with Crippen LogP contribution in [0.1, 0.15) is 16.8 Å². The van der Waals surface area contributed by atoms with Crippen molar-refractivity contribution in [3.63, 3.8) is 0 Å². The first kappa shape index (κ1) is 18.5. The fraction of sp³-hybridized carbons (Fsp3) is 0.222. The minimum Gasteiger partial charge on any atom is -0.497 e. The Morgan fingerprint density at radius 1 is 1.12 bits per heavy atom. The lowest BCUT2D eigenvalue weighted by Crippen LogP contribution is -2.24. The first-order valence-corrected chi connectivity index (χ1v) is 7.24. The molecule has 0 spiro atoms. The van der Waals surface area contributed by atoms with Crippen LogP contribution in [0.4, 0.5) is 13.2 Å². The van der Waals surface area contributed by atoms with Gasteiger partial charge in [-0.2, -0.15) is 13.2 Å². The molecule has 0 radical (unpaired) electrons. The van der Waals surface area contributed by atoms with E-state index >= 15 is 0 Å². The minimum atomic E-state index is -5.02. The average Bonchev–Trinajstić information content (AvgIpc) is 2.58. The molecular weight excluding hydrogens is 335 g/mol. The molecule has 2 aromatic rings. The summed E-state index contributed by atoms with van der Waals surface area (Å²) in [6.07, 6.45) is -2.54. The third-order valence-electron chi connectivity index (χ3n) is 3.45. The van der Waals surface area contributed by atoms with E-state index in [4.69, 9.17) is 9.47 Å². The van der Waals surface area contributed by atoms with Gasteiger partial charge in [-0.05, 0) is 42.3 Å². The number of benzene rings is 1. The number of hydrogen-bond donors (Lipinski definition) is 0. The average molecular weight is 351 g/mol. The first-order chi connectivity index (χ1) is 11.8. The number of carbonyl (C=O) groups is 1. The Morgan fingerprint density at radius 3 is 2.20 bits per heavy atom. The van der Waals surface area contributed by atoms with Gasteiger partial charge >= 0.3 is 6.18 Å². The molecule has 132 valence electrons. The number of aromatic nitrogens is 1. The van der Waals surface area contributed by atoms with Crippen LogP contribution < -0.4 is 9.47 Å². The number of halogens is 3. The van der Waals surface area contributed by atoms with Gasteiger partial charge in [0.05, 0.1) is 25.5 Å². The normalized spacial score (nSPS) is 12.0. The lowest BCUT2D eigenvalue weighted by atomic mass is 9.99. The molecule has 0 aliphatic carbocycles. The van der Waals surface area contributed by atoms with E-state index in [-0.39, 0.29) is 5.69 Å². The maximum atomic E-state index is 13.0. The van der Waals surface area contributed by atoms with E-state index in [1.54, 1.807) is 25.1 Å². The molecule has 0 N–H and O–H groups in total. The van der Waals surface area contributed by atoms with Gasteiger partial charge < -0.3 is 9.47 Å². The zero-order valence-corrected chi connectivity index (χ0v) is 13.8. The van der Waals surface area contributed by atoms with Crippen molar-refractivity contribution in [2.45, 2.75) is 13.1 Å². The van der Waals surface area contributed by atoms with Crippen molar-refractivity contribution in [1.82, 2.24) is 4.98 Å². The van der Waals surface area contributed by atoms with Crippen molar-refractivity contribution in [2.75, 3.05) is 14.2 Å². The molecule has 0 saturated carbocycles. The van der Waals surface area contributed by atoms with Crippen LogP contribution in [0, 0.1) is 6.92 Å². The highest BCUT2D eigenvalue weighted by Gasteiger charge is 2.41. The van der Waals surface area contributed by atoms with E-state index < -0.39 is 17.5 Å². The molecule has 1 aromatic carbocycles. The summed E-state index contributed by atoms with van der Waals surface area (Å²) in [4.78, 5) is 15.9. The molecule has 0 bridgehead atoms. The van der Waals surface area contributed by atoms with Gasteiger partial charge in [-0.25, -0.2) is 0 Å². The van der Waals surface area contributed by atoms with Crippen molar-refractivity contribution < 1.29 is 27.4 Å². The molecule has 0 fully saturated rings. The second kappa shape index (κ2) is 7.38. The molecule has 0 aliphatic rings. The van der Waals surface area contributed by atoms with Crippen LogP contribution in [0.5, 0.6) is 11.5 Å². The van der Waals surface area contributed by atoms with E-state index in [2.05, 4.69) is 4.98 Å². The molecule has 0 amide bonds. The molecule has 1 heterocycles. The quantitative estimate of drug-likeness (QED) is 0.762. The number of Topliss-reactive ketones (excluding diaryl/α,β-unsaturated/α-hetero) is 1. The van der Waals surface area contributed by atoms with E-state index in [1.165, 1.54) is 32.5 Å². The number of ketones is 1. The van der Waals surface area contributed by atoms with E-state index in [0.717, 1.165) is 6.08 Å². The van der Waals surface area contributed by atoms with Gasteiger partial charge in [-0.3, -0.25) is 9.78 Å². The second-order valence-electron chi connectivity index (χ2n) is 5.20. The summed E-state index contributed by atoms with van der Waals surface area (Å²) in [5.74, 6) is -1.18. The Bertz CT molecular complexity index is 791. The van der Waals surface area contributed by atoms with Gasteiger partial charge in [0.1, 0.15) is 11.5 Å². The minimum absolute atomic E-state index is 0.0217. The van der Waals surface area contributed by atoms with Crippen LogP contribution in [0.25, 0.3) is 11.6 Å². The van der Waals surface area contributed by atoms with Gasteiger partial charge in [-0.15, -0.1) is 0 Å². The standard InChI is InChI=1S/C18H16F3NO3/c1-11-5-4-6-22-16(11)15(17(23)18(19,20)21)9-12-7-13(24-2)10-14(8-12)25-3/h4-10H,1-3H3/b15-9-. The summed E-state index contributed by atoms with van der Waals surface area (Å²) in [5, 5.41) is 0. The summed E-state index contributed by atoms with van der Waals surface area (Å²) in [7, 11) is 2.85. The maximum Gasteiger partial charge on any atom is 0.454 e. The Morgan fingerprint density at radius 2 is 1.72 bits per heavy atom. The molecule has 2 rings (SSSR count). The number of hydrogen-bond acceptors (Lipinski definition) is 4. The van der Waals surface area contributed by atoms with Crippen LogP contribution in [0.3, 0.4) is 0 Å². The first-order valence-electron chi connectivity index (χ1n) is 7.24. The molecule has 0 saturated heterocycles. The molecule has 25 heavy (non-hydrogen) atoms. The highest BCUT2D eigenvalue weighted by molar-refractivity contribution is 6.27. The van der Waals surface area contributed by atoms with Gasteiger partial charge in [0, 0.05) is 12.3 Å². The highest BCUT2D eigenvalue weighted by atomic mass is 19.4. The summed E-state index contributed by atoms with van der Waals surface area (Å²) in [5.41, 5.74) is 0.225. The number of nitrogens with zero attached hydrogens (tertiary/aromatic N) is 1. The van der Waals surface area contributed by atoms with Crippen LogP contribution in [-0.2, 0) is 4.79 Å². The van der Waals surface area contributed by atoms with Crippen LogP contribution in [0.15, 0.2) is 36.5 Å². The lowest BCUT2D eigenvalue weighted by molar-refractivity contribution is -0.164. The van der Waals surface area contributed by atoms with Gasteiger partial charge in [0.2, 0.25) is 0 Å². The second-order valence-corrected chi connectivity index (χ2v) is 5.20. The topological polar surface area (TPSA) is 48.4 Å². The van der Waals surface area contributed by atoms with Gasteiger partial charge in [0.15, 0.2) is 0 Å². The Labute approximate surface area is 142 Å². The van der Waals surface area contributed by atoms with Crippen molar-refractivity contribution >= 4 is 17.4 Å². The van der Waals surface area contributed by atoms with Gasteiger partial charge in [0.25, 0.3) is 5.78 Å². The number of alkyl halides is 3. The fourth-order valence-electron chi connectivity index (χ4n) is 2.24. The van der Waals surface area contributed by atoms with Crippen LogP contribution in [-0.4, -0.2) is 31.2 Å². The largest absolute Gasteiger partial charge is 0.497 e. The van der Waals surface area contributed by atoms with Crippen molar-refractivity contribution in [3.05, 3.63) is 53.3 Å². The van der Waals surface area contributed by atoms with Crippen LogP contribution >= 0.6 is 0 Å². The maximum absolute atomic E-state index is 13.0. The zero-order valence-electron chi connectivity index (χ0n) is 13.8. The van der Waals surface area contributed by atoms with E-state index in [0.29, 0.717) is 22.6 Å². The third kappa shape index (κ3) is 4.37.